The lowest BCUT2D eigenvalue weighted by Gasteiger charge is -2.29. The Labute approximate surface area is 104 Å². The normalized spacial score (nSPS) is 27.4. The van der Waals surface area contributed by atoms with Crippen molar-refractivity contribution in [3.05, 3.63) is 0 Å². The molecule has 0 amide bonds. The van der Waals surface area contributed by atoms with Crippen molar-refractivity contribution in [2.24, 2.45) is 5.92 Å². The maximum absolute atomic E-state index is 10.6. The first-order valence-electron chi connectivity index (χ1n) is 7.21. The van der Waals surface area contributed by atoms with Gasteiger partial charge >= 0.3 is 5.97 Å². The van der Waals surface area contributed by atoms with Gasteiger partial charge in [0.2, 0.25) is 0 Å². The average molecular weight is 239 g/mol. The van der Waals surface area contributed by atoms with Gasteiger partial charge in [-0.1, -0.05) is 32.1 Å². The van der Waals surface area contributed by atoms with Gasteiger partial charge in [0.25, 0.3) is 0 Å². The Hall–Kier alpha value is -0.570. The van der Waals surface area contributed by atoms with Crippen LogP contribution in [0.15, 0.2) is 0 Å². The van der Waals surface area contributed by atoms with Crippen LogP contribution in [0.5, 0.6) is 0 Å². The van der Waals surface area contributed by atoms with E-state index in [1.807, 2.05) is 0 Å². The highest BCUT2D eigenvalue weighted by Crippen LogP contribution is 2.31. The monoisotopic (exact) mass is 239 g/mol. The number of rotatable bonds is 5. The highest BCUT2D eigenvalue weighted by Gasteiger charge is 2.27. The van der Waals surface area contributed by atoms with Crippen LogP contribution in [0.25, 0.3) is 0 Å². The van der Waals surface area contributed by atoms with Gasteiger partial charge in [-0.3, -0.25) is 9.69 Å². The van der Waals surface area contributed by atoms with Crippen LogP contribution >= 0.6 is 0 Å². The molecule has 1 unspecified atom stereocenters. The van der Waals surface area contributed by atoms with Gasteiger partial charge < -0.3 is 5.11 Å². The second-order valence-electron chi connectivity index (χ2n) is 5.72. The fourth-order valence-electron chi connectivity index (χ4n) is 3.50. The molecule has 1 aliphatic carbocycles. The molecular weight excluding hydrogens is 214 g/mol. The van der Waals surface area contributed by atoms with Crippen LogP contribution in [0.3, 0.4) is 0 Å². The van der Waals surface area contributed by atoms with Crippen LogP contribution in [0.1, 0.15) is 57.8 Å². The minimum Gasteiger partial charge on any atom is -0.481 e. The molecule has 0 bridgehead atoms. The predicted molar refractivity (Wildman–Crippen MR) is 68.0 cm³/mol. The summed E-state index contributed by atoms with van der Waals surface area (Å²) in [4.78, 5) is 13.0. The second kappa shape index (κ2) is 6.39. The van der Waals surface area contributed by atoms with Gasteiger partial charge in [0.1, 0.15) is 0 Å². The molecule has 0 spiro atoms. The van der Waals surface area contributed by atoms with E-state index < -0.39 is 5.97 Å². The van der Waals surface area contributed by atoms with E-state index >= 15 is 0 Å². The SMILES string of the molecule is O=C(O)CCN1CCCC1CC1CCCCC1. The maximum Gasteiger partial charge on any atom is 0.304 e. The van der Waals surface area contributed by atoms with Crippen molar-refractivity contribution in [1.82, 2.24) is 4.90 Å². The Bertz CT molecular complexity index is 249. The van der Waals surface area contributed by atoms with Crippen molar-refractivity contribution >= 4 is 5.97 Å². The zero-order valence-electron chi connectivity index (χ0n) is 10.7. The molecule has 1 N–H and O–H groups in total. The Balaban J connectivity index is 1.75. The van der Waals surface area contributed by atoms with Crippen LogP contribution in [0.4, 0.5) is 0 Å². The van der Waals surface area contributed by atoms with E-state index in [4.69, 9.17) is 5.11 Å². The van der Waals surface area contributed by atoms with Crippen molar-refractivity contribution in [3.8, 4) is 0 Å². The lowest BCUT2D eigenvalue weighted by Crippen LogP contribution is -2.33. The summed E-state index contributed by atoms with van der Waals surface area (Å²) in [6, 6.07) is 0.678. The molecule has 1 aliphatic heterocycles. The van der Waals surface area contributed by atoms with Gasteiger partial charge in [0, 0.05) is 12.6 Å². The lowest BCUT2D eigenvalue weighted by atomic mass is 9.84. The number of nitrogens with zero attached hydrogens (tertiary/aromatic N) is 1. The fraction of sp³-hybridized carbons (Fsp3) is 0.929. The molecule has 1 saturated heterocycles. The molecule has 1 saturated carbocycles. The van der Waals surface area contributed by atoms with Crippen molar-refractivity contribution in [2.45, 2.75) is 63.8 Å². The highest BCUT2D eigenvalue weighted by atomic mass is 16.4. The third kappa shape index (κ3) is 3.98. The van der Waals surface area contributed by atoms with E-state index in [0.717, 1.165) is 19.0 Å². The topological polar surface area (TPSA) is 40.5 Å². The van der Waals surface area contributed by atoms with E-state index in [-0.39, 0.29) is 0 Å². The molecular formula is C14H25NO2. The summed E-state index contributed by atoms with van der Waals surface area (Å²) in [6.45, 7) is 1.87. The van der Waals surface area contributed by atoms with Crippen LogP contribution in [0.2, 0.25) is 0 Å². The van der Waals surface area contributed by atoms with Crippen molar-refractivity contribution in [3.63, 3.8) is 0 Å². The van der Waals surface area contributed by atoms with E-state index in [1.54, 1.807) is 0 Å². The van der Waals surface area contributed by atoms with Gasteiger partial charge in [-0.25, -0.2) is 0 Å². The molecule has 2 aliphatic rings. The molecule has 3 nitrogen and oxygen atoms in total. The Kier molecular flexibility index (Phi) is 4.84. The van der Waals surface area contributed by atoms with Crippen LogP contribution < -0.4 is 0 Å². The molecule has 0 aromatic rings. The predicted octanol–water partition coefficient (Wildman–Crippen LogP) is 2.90. The minimum absolute atomic E-state index is 0.307. The van der Waals surface area contributed by atoms with Crippen LogP contribution in [-0.4, -0.2) is 35.1 Å². The number of aliphatic carboxylic acids is 1. The molecule has 17 heavy (non-hydrogen) atoms. The molecule has 1 heterocycles. The van der Waals surface area contributed by atoms with Gasteiger partial charge in [-0.05, 0) is 31.7 Å². The molecule has 0 aromatic heterocycles. The zero-order valence-corrected chi connectivity index (χ0v) is 10.7. The standard InChI is InChI=1S/C14H25NO2/c16-14(17)8-10-15-9-4-7-13(15)11-12-5-2-1-3-6-12/h12-13H,1-11H2,(H,16,17). The lowest BCUT2D eigenvalue weighted by molar-refractivity contribution is -0.137. The number of carbonyl (C=O) groups is 1. The third-order valence-electron chi connectivity index (χ3n) is 4.44. The van der Waals surface area contributed by atoms with E-state index in [0.29, 0.717) is 12.5 Å². The molecule has 0 radical (unpaired) electrons. The van der Waals surface area contributed by atoms with Crippen molar-refractivity contribution in [1.29, 1.82) is 0 Å². The molecule has 1 atom stereocenters. The third-order valence-corrected chi connectivity index (χ3v) is 4.44. The van der Waals surface area contributed by atoms with Gasteiger partial charge in [-0.15, -0.1) is 0 Å². The Morgan fingerprint density at radius 2 is 1.88 bits per heavy atom. The molecule has 98 valence electrons. The summed E-state index contributed by atoms with van der Waals surface area (Å²) < 4.78 is 0. The average Bonchev–Trinajstić information content (AvgIpc) is 2.75. The minimum atomic E-state index is -0.659. The first kappa shape index (κ1) is 12.9. The molecule has 2 fully saturated rings. The van der Waals surface area contributed by atoms with E-state index in [1.165, 1.54) is 51.4 Å². The summed E-state index contributed by atoms with van der Waals surface area (Å²) in [5.74, 6) is 0.257. The maximum atomic E-state index is 10.6. The van der Waals surface area contributed by atoms with Crippen molar-refractivity contribution < 1.29 is 9.90 Å². The largest absolute Gasteiger partial charge is 0.481 e. The highest BCUT2D eigenvalue weighted by molar-refractivity contribution is 5.66. The number of likely N-dealkylation sites (tertiary alicyclic amines) is 1. The molecule has 3 heteroatoms. The van der Waals surface area contributed by atoms with Crippen molar-refractivity contribution in [2.75, 3.05) is 13.1 Å². The summed E-state index contributed by atoms with van der Waals surface area (Å²) >= 11 is 0. The quantitative estimate of drug-likeness (QED) is 0.802. The Morgan fingerprint density at radius 1 is 1.12 bits per heavy atom. The Morgan fingerprint density at radius 3 is 2.59 bits per heavy atom. The van der Waals surface area contributed by atoms with Crippen LogP contribution in [-0.2, 0) is 4.79 Å². The summed E-state index contributed by atoms with van der Waals surface area (Å²) in [7, 11) is 0. The fourth-order valence-corrected chi connectivity index (χ4v) is 3.50. The number of hydrogen-bond acceptors (Lipinski definition) is 2. The summed E-state index contributed by atoms with van der Waals surface area (Å²) in [5, 5.41) is 8.75. The summed E-state index contributed by atoms with van der Waals surface area (Å²) in [6.07, 6.45) is 11.2. The first-order chi connectivity index (χ1) is 8.25. The molecule has 2 rings (SSSR count). The van der Waals surface area contributed by atoms with Crippen LogP contribution in [0, 0.1) is 5.92 Å². The van der Waals surface area contributed by atoms with Gasteiger partial charge in [0.05, 0.1) is 6.42 Å². The number of carboxylic acids is 1. The zero-order chi connectivity index (χ0) is 12.1. The first-order valence-corrected chi connectivity index (χ1v) is 7.21. The smallest absolute Gasteiger partial charge is 0.304 e. The number of hydrogen-bond donors (Lipinski definition) is 1. The summed E-state index contributed by atoms with van der Waals surface area (Å²) in [5.41, 5.74) is 0. The van der Waals surface area contributed by atoms with E-state index in [9.17, 15) is 4.79 Å². The van der Waals surface area contributed by atoms with Gasteiger partial charge in [0.15, 0.2) is 0 Å². The number of carboxylic acid groups (broad SMARTS) is 1. The molecule has 0 aromatic carbocycles. The second-order valence-corrected chi connectivity index (χ2v) is 5.72. The van der Waals surface area contributed by atoms with Gasteiger partial charge in [-0.2, -0.15) is 0 Å². The van der Waals surface area contributed by atoms with E-state index in [2.05, 4.69) is 4.90 Å².